The number of hydrazine groups is 1. The number of hydrogen-bond donors (Lipinski definition) is 2. The van der Waals surface area contributed by atoms with Crippen molar-refractivity contribution < 1.29 is 19.4 Å². The minimum Gasteiger partial charge on any atom is -0.394 e. The zero-order chi connectivity index (χ0) is 24.1. The lowest BCUT2D eigenvalue weighted by Gasteiger charge is -2.42. The Morgan fingerprint density at radius 3 is 2.62 bits per heavy atom. The first-order valence-electron chi connectivity index (χ1n) is 12.6. The highest BCUT2D eigenvalue weighted by Gasteiger charge is 2.41. The number of rotatable bonds is 9. The summed E-state index contributed by atoms with van der Waals surface area (Å²) in [4.78, 5) is 30.1. The zero-order valence-corrected chi connectivity index (χ0v) is 20.4. The SMILES string of the molecule is CCCCC1CN(CC(=O)N2CCC(OCCO)CC2)C(=O)C2=CC(c3ccc(C)cc3)NN21. The number of piperidine rings is 1. The quantitative estimate of drug-likeness (QED) is 0.575. The Labute approximate surface area is 202 Å². The van der Waals surface area contributed by atoms with E-state index in [0.717, 1.165) is 37.7 Å². The second kappa shape index (κ2) is 11.3. The maximum absolute atomic E-state index is 13.4. The summed E-state index contributed by atoms with van der Waals surface area (Å²) in [5.41, 5.74) is 6.53. The Hall–Kier alpha value is -2.42. The molecule has 2 N–H and O–H groups in total. The van der Waals surface area contributed by atoms with Crippen molar-refractivity contribution in [3.63, 3.8) is 0 Å². The van der Waals surface area contributed by atoms with Crippen molar-refractivity contribution in [3.05, 3.63) is 47.2 Å². The molecule has 3 heterocycles. The Kier molecular flexibility index (Phi) is 8.24. The lowest BCUT2D eigenvalue weighted by atomic mass is 10.0. The number of aliphatic hydroxyl groups is 1. The van der Waals surface area contributed by atoms with Crippen molar-refractivity contribution in [2.45, 2.75) is 64.1 Å². The zero-order valence-electron chi connectivity index (χ0n) is 20.4. The molecular formula is C26H38N4O4. The average Bonchev–Trinajstić information content (AvgIpc) is 3.30. The smallest absolute Gasteiger partial charge is 0.271 e. The second-order valence-electron chi connectivity index (χ2n) is 9.60. The summed E-state index contributed by atoms with van der Waals surface area (Å²) < 4.78 is 5.61. The topological polar surface area (TPSA) is 85.4 Å². The first kappa shape index (κ1) is 24.7. The molecule has 3 aliphatic heterocycles. The molecule has 0 aromatic heterocycles. The Bertz CT molecular complexity index is 879. The minimum absolute atomic E-state index is 0.00158. The van der Waals surface area contributed by atoms with Crippen LogP contribution in [0.2, 0.25) is 0 Å². The number of likely N-dealkylation sites (tertiary alicyclic amines) is 1. The molecule has 34 heavy (non-hydrogen) atoms. The molecule has 0 bridgehead atoms. The number of nitrogens with zero attached hydrogens (tertiary/aromatic N) is 3. The van der Waals surface area contributed by atoms with E-state index in [9.17, 15) is 9.59 Å². The predicted octanol–water partition coefficient (Wildman–Crippen LogP) is 2.14. The van der Waals surface area contributed by atoms with Crippen LogP contribution in [0.4, 0.5) is 0 Å². The van der Waals surface area contributed by atoms with E-state index in [-0.39, 0.29) is 43.2 Å². The van der Waals surface area contributed by atoms with E-state index < -0.39 is 0 Å². The molecule has 4 rings (SSSR count). The van der Waals surface area contributed by atoms with E-state index in [2.05, 4.69) is 43.5 Å². The van der Waals surface area contributed by atoms with Crippen molar-refractivity contribution in [1.82, 2.24) is 20.2 Å². The van der Waals surface area contributed by atoms with Gasteiger partial charge in [0.15, 0.2) is 0 Å². The molecule has 1 aromatic rings. The number of carbonyl (C=O) groups excluding carboxylic acids is 2. The van der Waals surface area contributed by atoms with Gasteiger partial charge in [-0.25, -0.2) is 5.43 Å². The predicted molar refractivity (Wildman–Crippen MR) is 130 cm³/mol. The molecule has 0 spiro atoms. The third-order valence-corrected chi connectivity index (χ3v) is 7.06. The maximum atomic E-state index is 13.4. The molecule has 2 amide bonds. The van der Waals surface area contributed by atoms with Crippen LogP contribution in [0, 0.1) is 6.92 Å². The van der Waals surface area contributed by atoms with Crippen molar-refractivity contribution in [3.8, 4) is 0 Å². The summed E-state index contributed by atoms with van der Waals surface area (Å²) in [6.45, 7) is 6.51. The molecule has 2 saturated heterocycles. The second-order valence-corrected chi connectivity index (χ2v) is 9.60. The molecule has 186 valence electrons. The van der Waals surface area contributed by atoms with E-state index in [0.29, 0.717) is 31.9 Å². The number of benzene rings is 1. The standard InChI is InChI=1S/C26H38N4O4/c1-3-4-5-21-17-29(18-25(32)28-12-10-22(11-13-28)34-15-14-31)26(33)24-16-23(27-30(21)24)20-8-6-19(2)7-9-20/h6-9,16,21-23,27,31H,3-5,10-15,17-18H2,1-2H3. The number of aliphatic hydroxyl groups excluding tert-OH is 1. The van der Waals surface area contributed by atoms with E-state index in [1.54, 1.807) is 4.90 Å². The van der Waals surface area contributed by atoms with Crippen LogP contribution in [0.25, 0.3) is 0 Å². The van der Waals surface area contributed by atoms with Crippen LogP contribution in [-0.4, -0.2) is 83.3 Å². The number of ether oxygens (including phenoxy) is 1. The molecule has 0 radical (unpaired) electrons. The summed E-state index contributed by atoms with van der Waals surface area (Å²) in [5.74, 6) is -0.0809. The van der Waals surface area contributed by atoms with E-state index >= 15 is 0 Å². The normalized spacial score (nSPS) is 23.3. The summed E-state index contributed by atoms with van der Waals surface area (Å²) in [6.07, 6.45) is 6.75. The molecule has 8 heteroatoms. The number of unbranched alkanes of at least 4 members (excludes halogenated alkanes) is 1. The summed E-state index contributed by atoms with van der Waals surface area (Å²) in [7, 11) is 0. The van der Waals surface area contributed by atoms with Crippen LogP contribution < -0.4 is 5.43 Å². The molecule has 2 fully saturated rings. The largest absolute Gasteiger partial charge is 0.394 e. The van der Waals surface area contributed by atoms with Gasteiger partial charge >= 0.3 is 0 Å². The minimum atomic E-state index is -0.0793. The fourth-order valence-electron chi connectivity index (χ4n) is 5.05. The number of nitrogens with one attached hydrogen (secondary N) is 1. The first-order chi connectivity index (χ1) is 16.5. The highest BCUT2D eigenvalue weighted by molar-refractivity contribution is 5.96. The molecule has 0 saturated carbocycles. The maximum Gasteiger partial charge on any atom is 0.271 e. The Morgan fingerprint density at radius 2 is 1.94 bits per heavy atom. The third-order valence-electron chi connectivity index (χ3n) is 7.06. The summed E-state index contributed by atoms with van der Waals surface area (Å²) in [5, 5.41) is 11.0. The van der Waals surface area contributed by atoms with Crippen molar-refractivity contribution in [2.24, 2.45) is 0 Å². The van der Waals surface area contributed by atoms with Gasteiger partial charge in [-0.1, -0.05) is 49.6 Å². The fraction of sp³-hybridized carbons (Fsp3) is 0.615. The van der Waals surface area contributed by atoms with Crippen LogP contribution >= 0.6 is 0 Å². The van der Waals surface area contributed by atoms with Gasteiger partial charge in [0.2, 0.25) is 5.91 Å². The first-order valence-corrected chi connectivity index (χ1v) is 12.6. The lowest BCUT2D eigenvalue weighted by molar-refractivity contribution is -0.144. The molecule has 0 aliphatic carbocycles. The lowest BCUT2D eigenvalue weighted by Crippen LogP contribution is -2.58. The number of fused-ring (bicyclic) bond motifs is 1. The number of aryl methyl sites for hydroxylation is 1. The monoisotopic (exact) mass is 470 g/mol. The van der Waals surface area contributed by atoms with Gasteiger partial charge < -0.3 is 19.6 Å². The van der Waals surface area contributed by atoms with Crippen LogP contribution in [0.1, 0.15) is 56.2 Å². The average molecular weight is 471 g/mol. The number of carbonyl (C=O) groups is 2. The van der Waals surface area contributed by atoms with Gasteiger partial charge in [0.25, 0.3) is 5.91 Å². The van der Waals surface area contributed by atoms with E-state index in [1.807, 2.05) is 16.0 Å². The molecule has 8 nitrogen and oxygen atoms in total. The Balaban J connectivity index is 1.43. The van der Waals surface area contributed by atoms with Crippen molar-refractivity contribution in [1.29, 1.82) is 0 Å². The van der Waals surface area contributed by atoms with Gasteiger partial charge in [-0.05, 0) is 37.8 Å². The van der Waals surface area contributed by atoms with Gasteiger partial charge in [0, 0.05) is 19.6 Å². The van der Waals surface area contributed by atoms with Gasteiger partial charge in [-0.2, -0.15) is 0 Å². The number of hydrogen-bond acceptors (Lipinski definition) is 6. The van der Waals surface area contributed by atoms with Crippen molar-refractivity contribution in [2.75, 3.05) is 39.4 Å². The molecular weight excluding hydrogens is 432 g/mol. The van der Waals surface area contributed by atoms with Crippen LogP contribution in [0.15, 0.2) is 36.0 Å². The Morgan fingerprint density at radius 1 is 1.21 bits per heavy atom. The summed E-state index contributed by atoms with van der Waals surface area (Å²) >= 11 is 0. The van der Waals surface area contributed by atoms with Gasteiger partial charge in [0.05, 0.1) is 31.4 Å². The van der Waals surface area contributed by atoms with Gasteiger partial charge in [-0.15, -0.1) is 0 Å². The number of piperazine rings is 1. The van der Waals surface area contributed by atoms with Gasteiger partial charge in [0.1, 0.15) is 12.2 Å². The number of amides is 2. The van der Waals surface area contributed by atoms with Gasteiger partial charge in [-0.3, -0.25) is 14.6 Å². The molecule has 3 aliphatic rings. The van der Waals surface area contributed by atoms with Crippen LogP contribution in [-0.2, 0) is 14.3 Å². The fourth-order valence-corrected chi connectivity index (χ4v) is 5.05. The highest BCUT2D eigenvalue weighted by Crippen LogP contribution is 2.32. The molecule has 2 atom stereocenters. The van der Waals surface area contributed by atoms with E-state index in [1.165, 1.54) is 5.56 Å². The molecule has 1 aromatic carbocycles. The van der Waals surface area contributed by atoms with E-state index in [4.69, 9.17) is 9.84 Å². The summed E-state index contributed by atoms with van der Waals surface area (Å²) in [6, 6.07) is 8.48. The van der Waals surface area contributed by atoms with Crippen LogP contribution in [0.3, 0.4) is 0 Å². The highest BCUT2D eigenvalue weighted by atomic mass is 16.5. The third kappa shape index (κ3) is 5.62. The van der Waals surface area contributed by atoms with Crippen molar-refractivity contribution >= 4 is 11.8 Å². The molecule has 2 unspecified atom stereocenters. The van der Waals surface area contributed by atoms with Crippen LogP contribution in [0.5, 0.6) is 0 Å².